The molecule has 1 aromatic rings. The molecule has 3 N–H and O–H groups in total. The quantitative estimate of drug-likeness (QED) is 0.703. The minimum Gasteiger partial charge on any atom is -0.508 e. The number of phenolic OH excluding ortho intramolecular Hbond substituents is 1. The predicted octanol–water partition coefficient (Wildman–Crippen LogP) is 1.42. The highest BCUT2D eigenvalue weighted by Gasteiger charge is 2.04. The van der Waals surface area contributed by atoms with Gasteiger partial charge in [-0.3, -0.25) is 0 Å². The first-order valence-corrected chi connectivity index (χ1v) is 3.82. The van der Waals surface area contributed by atoms with Crippen molar-refractivity contribution < 1.29 is 9.50 Å². The molecule has 66 valence electrons. The molecule has 3 heteroatoms. The van der Waals surface area contributed by atoms with Gasteiger partial charge in [0.25, 0.3) is 0 Å². The molecule has 0 spiro atoms. The summed E-state index contributed by atoms with van der Waals surface area (Å²) in [4.78, 5) is 0. The number of aromatic hydroxyl groups is 1. The molecule has 0 aromatic heterocycles. The van der Waals surface area contributed by atoms with Gasteiger partial charge >= 0.3 is 0 Å². The molecule has 1 aromatic carbocycles. The van der Waals surface area contributed by atoms with Crippen LogP contribution < -0.4 is 5.73 Å². The molecule has 0 amide bonds. The van der Waals surface area contributed by atoms with Gasteiger partial charge in [0, 0.05) is 12.1 Å². The second kappa shape index (κ2) is 3.54. The van der Waals surface area contributed by atoms with Crippen molar-refractivity contribution in [2.24, 2.45) is 5.73 Å². The van der Waals surface area contributed by atoms with Crippen LogP contribution in [-0.2, 0) is 6.42 Å². The molecule has 0 bridgehead atoms. The lowest BCUT2D eigenvalue weighted by Gasteiger charge is -2.06. The Bertz CT molecular complexity index is 273. The lowest BCUT2D eigenvalue weighted by molar-refractivity contribution is 0.459. The normalized spacial score (nSPS) is 12.9. The number of benzene rings is 1. The molecule has 0 aliphatic carbocycles. The molecule has 0 saturated carbocycles. The maximum atomic E-state index is 12.5. The number of nitrogens with two attached hydrogens (primary N) is 1. The Morgan fingerprint density at radius 1 is 1.58 bits per heavy atom. The second-order valence-corrected chi connectivity index (χ2v) is 2.95. The summed E-state index contributed by atoms with van der Waals surface area (Å²) in [5, 5.41) is 9.24. The summed E-state index contributed by atoms with van der Waals surface area (Å²) in [6.45, 7) is 1.84. The van der Waals surface area contributed by atoms with Crippen molar-refractivity contribution >= 4 is 0 Å². The largest absolute Gasteiger partial charge is 0.508 e. The van der Waals surface area contributed by atoms with Crippen LogP contribution in [0.1, 0.15) is 12.5 Å². The lowest BCUT2D eigenvalue weighted by atomic mass is 10.1. The summed E-state index contributed by atoms with van der Waals surface area (Å²) in [5.74, 6) is -0.451. The third-order valence-corrected chi connectivity index (χ3v) is 1.59. The topological polar surface area (TPSA) is 46.2 Å². The average Bonchev–Trinajstić information content (AvgIpc) is 1.94. The molecule has 0 heterocycles. The van der Waals surface area contributed by atoms with E-state index in [1.807, 2.05) is 6.92 Å². The summed E-state index contributed by atoms with van der Waals surface area (Å²) in [6.07, 6.45) is 0.562. The number of phenols is 1. The Morgan fingerprint density at radius 2 is 2.25 bits per heavy atom. The van der Waals surface area contributed by atoms with Crippen molar-refractivity contribution in [2.45, 2.75) is 19.4 Å². The van der Waals surface area contributed by atoms with Gasteiger partial charge in [-0.1, -0.05) is 6.07 Å². The van der Waals surface area contributed by atoms with E-state index < -0.39 is 5.82 Å². The van der Waals surface area contributed by atoms with Gasteiger partial charge in [-0.25, -0.2) is 4.39 Å². The fourth-order valence-electron chi connectivity index (χ4n) is 1.06. The molecule has 12 heavy (non-hydrogen) atoms. The van der Waals surface area contributed by atoms with E-state index in [4.69, 9.17) is 5.73 Å². The SMILES string of the molecule is C[C@H](N)Cc1ccc(F)cc1O. The fourth-order valence-corrected chi connectivity index (χ4v) is 1.06. The van der Waals surface area contributed by atoms with E-state index in [1.54, 1.807) is 6.07 Å². The van der Waals surface area contributed by atoms with Crippen molar-refractivity contribution in [3.63, 3.8) is 0 Å². The predicted molar refractivity (Wildman–Crippen MR) is 45.4 cm³/mol. The Labute approximate surface area is 70.8 Å². The van der Waals surface area contributed by atoms with E-state index in [9.17, 15) is 9.50 Å². The van der Waals surface area contributed by atoms with Crippen LogP contribution in [0.5, 0.6) is 5.75 Å². The van der Waals surface area contributed by atoms with Crippen molar-refractivity contribution in [3.05, 3.63) is 29.6 Å². The molecule has 0 unspecified atom stereocenters. The van der Waals surface area contributed by atoms with Crippen LogP contribution >= 0.6 is 0 Å². The van der Waals surface area contributed by atoms with Gasteiger partial charge in [0.1, 0.15) is 11.6 Å². The van der Waals surface area contributed by atoms with Crippen molar-refractivity contribution in [2.75, 3.05) is 0 Å². The standard InChI is InChI=1S/C9H12FNO/c1-6(11)4-7-2-3-8(10)5-9(7)12/h2-3,5-6,12H,4,11H2,1H3/t6-/m0/s1. The van der Waals surface area contributed by atoms with Crippen LogP contribution in [0.15, 0.2) is 18.2 Å². The number of hydrogen-bond acceptors (Lipinski definition) is 2. The fraction of sp³-hybridized carbons (Fsp3) is 0.333. The zero-order valence-corrected chi connectivity index (χ0v) is 6.92. The highest BCUT2D eigenvalue weighted by Crippen LogP contribution is 2.18. The van der Waals surface area contributed by atoms with Gasteiger partial charge in [0.05, 0.1) is 0 Å². The zero-order valence-electron chi connectivity index (χ0n) is 6.92. The van der Waals surface area contributed by atoms with Gasteiger partial charge in [-0.15, -0.1) is 0 Å². The molecule has 0 aliphatic heterocycles. The first kappa shape index (κ1) is 9.00. The average molecular weight is 169 g/mol. The molecular weight excluding hydrogens is 157 g/mol. The van der Waals surface area contributed by atoms with E-state index in [1.165, 1.54) is 6.07 Å². The van der Waals surface area contributed by atoms with Gasteiger partial charge in [-0.2, -0.15) is 0 Å². The van der Waals surface area contributed by atoms with Crippen molar-refractivity contribution in [3.8, 4) is 5.75 Å². The van der Waals surface area contributed by atoms with Gasteiger partial charge < -0.3 is 10.8 Å². The molecule has 0 saturated heterocycles. The Morgan fingerprint density at radius 3 is 2.75 bits per heavy atom. The summed E-state index contributed by atoms with van der Waals surface area (Å²) in [5.41, 5.74) is 6.21. The summed E-state index contributed by atoms with van der Waals surface area (Å²) >= 11 is 0. The number of halogens is 1. The monoisotopic (exact) mass is 169 g/mol. The molecule has 0 aliphatic rings. The van der Waals surface area contributed by atoms with Gasteiger partial charge in [0.2, 0.25) is 0 Å². The molecule has 2 nitrogen and oxygen atoms in total. The van der Waals surface area contributed by atoms with E-state index in [0.29, 0.717) is 12.0 Å². The zero-order chi connectivity index (χ0) is 9.14. The summed E-state index contributed by atoms with van der Waals surface area (Å²) in [6, 6.07) is 3.93. The van der Waals surface area contributed by atoms with Crippen molar-refractivity contribution in [1.29, 1.82) is 0 Å². The maximum absolute atomic E-state index is 12.5. The van der Waals surface area contributed by atoms with Crippen LogP contribution in [0.4, 0.5) is 4.39 Å². The maximum Gasteiger partial charge on any atom is 0.126 e. The van der Waals surface area contributed by atoms with Crippen LogP contribution in [0.3, 0.4) is 0 Å². The van der Waals surface area contributed by atoms with Crippen LogP contribution in [0, 0.1) is 5.82 Å². The third kappa shape index (κ3) is 2.20. The molecule has 1 atom stereocenters. The summed E-state index contributed by atoms with van der Waals surface area (Å²) in [7, 11) is 0. The van der Waals surface area contributed by atoms with Gasteiger partial charge in [0.15, 0.2) is 0 Å². The van der Waals surface area contributed by atoms with E-state index in [-0.39, 0.29) is 11.8 Å². The highest BCUT2D eigenvalue weighted by atomic mass is 19.1. The Hall–Kier alpha value is -1.09. The van der Waals surface area contributed by atoms with Crippen LogP contribution in [0.2, 0.25) is 0 Å². The lowest BCUT2D eigenvalue weighted by Crippen LogP contribution is -2.17. The minimum absolute atomic E-state index is 0.0210. The smallest absolute Gasteiger partial charge is 0.126 e. The first-order chi connectivity index (χ1) is 5.59. The Balaban J connectivity index is 2.86. The summed E-state index contributed by atoms with van der Waals surface area (Å²) < 4.78 is 12.5. The van der Waals surface area contributed by atoms with Gasteiger partial charge in [-0.05, 0) is 25.0 Å². The minimum atomic E-state index is -0.430. The highest BCUT2D eigenvalue weighted by molar-refractivity contribution is 5.33. The third-order valence-electron chi connectivity index (χ3n) is 1.59. The van der Waals surface area contributed by atoms with E-state index in [2.05, 4.69) is 0 Å². The van der Waals surface area contributed by atoms with Crippen LogP contribution in [0.25, 0.3) is 0 Å². The second-order valence-electron chi connectivity index (χ2n) is 2.95. The molecular formula is C9H12FNO. The Kier molecular flexibility index (Phi) is 2.65. The van der Waals surface area contributed by atoms with E-state index >= 15 is 0 Å². The van der Waals surface area contributed by atoms with Crippen molar-refractivity contribution in [1.82, 2.24) is 0 Å². The van der Waals surface area contributed by atoms with Crippen LogP contribution in [-0.4, -0.2) is 11.1 Å². The molecule has 0 fully saturated rings. The molecule has 1 rings (SSSR count). The van der Waals surface area contributed by atoms with E-state index in [0.717, 1.165) is 6.07 Å². The molecule has 0 radical (unpaired) electrons. The first-order valence-electron chi connectivity index (χ1n) is 3.82. The number of hydrogen-bond donors (Lipinski definition) is 2. The number of rotatable bonds is 2.